The third kappa shape index (κ3) is 20.1. The van der Waals surface area contributed by atoms with E-state index in [0.29, 0.717) is 0 Å². The van der Waals surface area contributed by atoms with Crippen molar-refractivity contribution >= 4 is 6.29 Å². The normalized spacial score (nSPS) is 13.1. The molecular weight excluding hydrogens is 280 g/mol. The van der Waals surface area contributed by atoms with Crippen LogP contribution >= 0.6 is 0 Å². The van der Waals surface area contributed by atoms with Crippen LogP contribution in [0.1, 0.15) is 58.3 Å². The maximum absolute atomic E-state index is 9.90. The summed E-state index contributed by atoms with van der Waals surface area (Å²) in [4.78, 5) is 9.90. The van der Waals surface area contributed by atoms with Gasteiger partial charge in [0.1, 0.15) is 0 Å². The minimum atomic E-state index is 1.18. The molecule has 1 nitrogen and oxygen atoms in total. The summed E-state index contributed by atoms with van der Waals surface area (Å²) in [6, 6.07) is 0. The zero-order valence-electron chi connectivity index (χ0n) is 14.5. The van der Waals surface area contributed by atoms with E-state index in [9.17, 15) is 4.79 Å². The number of hydrogen-bond donors (Lipinski definition) is 0. The van der Waals surface area contributed by atoms with Gasteiger partial charge in [0.15, 0.2) is 0 Å². The van der Waals surface area contributed by atoms with Crippen LogP contribution in [0.3, 0.4) is 0 Å². The van der Waals surface area contributed by atoms with Crippen molar-refractivity contribution in [1.82, 2.24) is 0 Å². The molecule has 23 heavy (non-hydrogen) atoms. The van der Waals surface area contributed by atoms with Crippen LogP contribution in [-0.2, 0) is 4.79 Å². The minimum Gasteiger partial charge on any atom is -0.286 e. The van der Waals surface area contributed by atoms with Gasteiger partial charge in [-0.25, -0.2) is 0 Å². The highest BCUT2D eigenvalue weighted by atomic mass is 16.1. The Morgan fingerprint density at radius 1 is 0.609 bits per heavy atom. The van der Waals surface area contributed by atoms with Gasteiger partial charge >= 0.3 is 0 Å². The lowest BCUT2D eigenvalue weighted by Gasteiger charge is -1.98. The monoisotopic (exact) mass is 311 g/mol. The summed E-state index contributed by atoms with van der Waals surface area (Å²) in [5, 5.41) is 0. The molecule has 125 valence electrons. The summed E-state index contributed by atoms with van der Waals surface area (Å²) in [7, 11) is 0. The Morgan fingerprint density at radius 2 is 1.09 bits per heavy atom. The topological polar surface area (TPSA) is 17.1 Å². The lowest BCUT2D eigenvalue weighted by molar-refractivity contribution is 0.564. The first-order valence-electron chi connectivity index (χ1n) is 8.77. The van der Waals surface area contributed by atoms with Crippen LogP contribution in [0.5, 0.6) is 0 Å². The Labute approximate surface area is 142 Å². The van der Waals surface area contributed by atoms with E-state index in [2.05, 4.69) is 25.2 Å². The fourth-order valence-corrected chi connectivity index (χ4v) is 2.00. The van der Waals surface area contributed by atoms with Gasteiger partial charge in [0.25, 0.3) is 0 Å². The second-order valence-electron chi connectivity index (χ2n) is 5.35. The molecule has 0 saturated heterocycles. The fourth-order valence-electron chi connectivity index (χ4n) is 2.00. The lowest BCUT2D eigenvalue weighted by Crippen LogP contribution is -1.78. The zero-order chi connectivity index (χ0) is 16.8. The number of rotatable bonds is 14. The van der Waals surface area contributed by atoms with Crippen LogP contribution in [0.25, 0.3) is 0 Å². The molecule has 0 N–H and O–H groups in total. The molecule has 0 amide bonds. The van der Waals surface area contributed by atoms with Crippen molar-refractivity contribution in [2.75, 3.05) is 0 Å². The molecular formula is C22H31O. The zero-order valence-corrected chi connectivity index (χ0v) is 14.5. The second kappa shape index (κ2) is 20.1. The number of unbranched alkanes of at least 4 members (excludes halogenated alkanes) is 7. The average Bonchev–Trinajstić information content (AvgIpc) is 2.57. The SMILES string of the molecule is CCCCCCCCC/C=C/C=C/C=C/C=C/C=C/C=C/[C]=O. The molecule has 0 spiro atoms. The first-order chi connectivity index (χ1) is 11.4. The molecule has 0 fully saturated rings. The van der Waals surface area contributed by atoms with Gasteiger partial charge in [-0.3, -0.25) is 4.79 Å². The van der Waals surface area contributed by atoms with Gasteiger partial charge in [0, 0.05) is 0 Å². The van der Waals surface area contributed by atoms with Crippen molar-refractivity contribution in [3.8, 4) is 0 Å². The summed E-state index contributed by atoms with van der Waals surface area (Å²) < 4.78 is 0. The summed E-state index contributed by atoms with van der Waals surface area (Å²) in [5.41, 5.74) is 0. The van der Waals surface area contributed by atoms with Crippen LogP contribution in [0.4, 0.5) is 0 Å². The third-order valence-corrected chi connectivity index (χ3v) is 3.27. The predicted octanol–water partition coefficient (Wildman–Crippen LogP) is 6.57. The molecule has 0 aliphatic heterocycles. The summed E-state index contributed by atoms with van der Waals surface area (Å²) >= 11 is 0. The van der Waals surface area contributed by atoms with Crippen molar-refractivity contribution in [2.24, 2.45) is 0 Å². The van der Waals surface area contributed by atoms with Gasteiger partial charge in [0.05, 0.1) is 0 Å². The van der Waals surface area contributed by atoms with E-state index in [1.807, 2.05) is 36.5 Å². The molecule has 0 rings (SSSR count). The van der Waals surface area contributed by atoms with Gasteiger partial charge in [-0.15, -0.1) is 0 Å². The standard InChI is InChI=1S/C22H31O/c1-2-3-4-5-6-7-8-9-10-11-12-13-14-15-16-17-18-19-20-21-22-23/h10-21H,2-9H2,1H3/b11-10+,13-12+,15-14+,17-16+,19-18+,21-20+. The number of hydrogen-bond acceptors (Lipinski definition) is 1. The van der Waals surface area contributed by atoms with Crippen LogP contribution in [-0.4, -0.2) is 6.29 Å². The summed E-state index contributed by atoms with van der Waals surface area (Å²) in [6.07, 6.45) is 35.3. The Kier molecular flexibility index (Phi) is 18.5. The van der Waals surface area contributed by atoms with Gasteiger partial charge in [-0.05, 0) is 18.9 Å². The van der Waals surface area contributed by atoms with E-state index in [0.717, 1.165) is 0 Å². The Balaban J connectivity index is 3.52. The van der Waals surface area contributed by atoms with Gasteiger partial charge in [0.2, 0.25) is 6.29 Å². The molecule has 0 aromatic heterocycles. The molecule has 0 bridgehead atoms. The molecule has 0 aromatic carbocycles. The fraction of sp³-hybridized carbons (Fsp3) is 0.409. The first kappa shape index (κ1) is 21.1. The molecule has 0 aliphatic carbocycles. The predicted molar refractivity (Wildman–Crippen MR) is 103 cm³/mol. The van der Waals surface area contributed by atoms with E-state index < -0.39 is 0 Å². The van der Waals surface area contributed by atoms with Gasteiger partial charge in [-0.2, -0.15) is 0 Å². The van der Waals surface area contributed by atoms with E-state index in [1.54, 1.807) is 18.4 Å². The highest BCUT2D eigenvalue weighted by Gasteiger charge is 1.88. The molecule has 0 aromatic rings. The Morgan fingerprint density at radius 3 is 1.65 bits per heavy atom. The van der Waals surface area contributed by atoms with Gasteiger partial charge < -0.3 is 0 Å². The molecule has 0 heterocycles. The summed E-state index contributed by atoms with van der Waals surface area (Å²) in [5.74, 6) is 0. The lowest BCUT2D eigenvalue weighted by atomic mass is 10.1. The smallest absolute Gasteiger partial charge is 0.225 e. The van der Waals surface area contributed by atoms with Crippen molar-refractivity contribution in [2.45, 2.75) is 58.3 Å². The van der Waals surface area contributed by atoms with Crippen LogP contribution < -0.4 is 0 Å². The highest BCUT2D eigenvalue weighted by Crippen LogP contribution is 2.08. The average molecular weight is 311 g/mol. The molecule has 0 saturated carbocycles. The van der Waals surface area contributed by atoms with Crippen molar-refractivity contribution < 1.29 is 4.79 Å². The maximum Gasteiger partial charge on any atom is 0.225 e. The van der Waals surface area contributed by atoms with Crippen molar-refractivity contribution in [3.05, 3.63) is 72.9 Å². The van der Waals surface area contributed by atoms with Gasteiger partial charge in [-0.1, -0.05) is 112 Å². The summed E-state index contributed by atoms with van der Waals surface area (Å²) in [6.45, 7) is 2.26. The van der Waals surface area contributed by atoms with E-state index in [4.69, 9.17) is 0 Å². The maximum atomic E-state index is 9.90. The highest BCUT2D eigenvalue weighted by molar-refractivity contribution is 5.66. The van der Waals surface area contributed by atoms with Crippen LogP contribution in [0.15, 0.2) is 72.9 Å². The molecule has 1 radical (unpaired) electrons. The van der Waals surface area contributed by atoms with E-state index in [-0.39, 0.29) is 0 Å². The second-order valence-corrected chi connectivity index (χ2v) is 5.35. The van der Waals surface area contributed by atoms with Crippen LogP contribution in [0.2, 0.25) is 0 Å². The van der Waals surface area contributed by atoms with Crippen molar-refractivity contribution in [1.29, 1.82) is 0 Å². The molecule has 0 unspecified atom stereocenters. The number of allylic oxidation sites excluding steroid dienone is 12. The van der Waals surface area contributed by atoms with Crippen LogP contribution in [0, 0.1) is 0 Å². The third-order valence-electron chi connectivity index (χ3n) is 3.27. The quantitative estimate of drug-likeness (QED) is 0.201. The molecule has 0 aliphatic rings. The van der Waals surface area contributed by atoms with E-state index >= 15 is 0 Å². The van der Waals surface area contributed by atoms with Crippen molar-refractivity contribution in [3.63, 3.8) is 0 Å². The minimum absolute atomic E-state index is 1.18. The largest absolute Gasteiger partial charge is 0.286 e. The number of carbonyl (C=O) groups excluding carboxylic acids is 1. The Bertz CT molecular complexity index is 419. The molecule has 0 atom stereocenters. The molecule has 1 heteroatoms. The Hall–Kier alpha value is -1.89. The first-order valence-corrected chi connectivity index (χ1v) is 8.77. The van der Waals surface area contributed by atoms with E-state index in [1.165, 1.54) is 57.4 Å².